The summed E-state index contributed by atoms with van der Waals surface area (Å²) in [6.07, 6.45) is 6.66. The molecule has 1 aliphatic rings. The summed E-state index contributed by atoms with van der Waals surface area (Å²) in [5.41, 5.74) is 1.92. The fourth-order valence-electron chi connectivity index (χ4n) is 4.47. The molecule has 9 heteroatoms. The SMILES string of the molecule is C=O.CCC(C)C.CCCCCCCN1CCN(C)CC1.CSc1ccc(CC(C)=O)cc1.FC(F)(F)c1ccc(Nc2ccccc2)cc1. The van der Waals surface area contributed by atoms with Gasteiger partial charge < -0.3 is 19.9 Å². The zero-order valence-corrected chi connectivity index (χ0v) is 32.3. The lowest BCUT2D eigenvalue weighted by atomic mass is 10.1. The van der Waals surface area contributed by atoms with Gasteiger partial charge in [0.25, 0.3) is 0 Å². The van der Waals surface area contributed by atoms with E-state index in [0.717, 1.165) is 29.3 Å². The average Bonchev–Trinajstić information content (AvgIpc) is 3.11. The third-order valence-electron chi connectivity index (χ3n) is 7.88. The second kappa shape index (κ2) is 28.5. The van der Waals surface area contributed by atoms with Crippen molar-refractivity contribution in [3.05, 3.63) is 90.0 Å². The van der Waals surface area contributed by atoms with Crippen molar-refractivity contribution < 1.29 is 22.8 Å². The van der Waals surface area contributed by atoms with E-state index in [9.17, 15) is 18.0 Å². The van der Waals surface area contributed by atoms with Crippen molar-refractivity contribution in [1.82, 2.24) is 9.80 Å². The van der Waals surface area contributed by atoms with Crippen molar-refractivity contribution in [2.24, 2.45) is 5.92 Å². The van der Waals surface area contributed by atoms with Crippen LogP contribution in [-0.4, -0.2) is 68.4 Å². The van der Waals surface area contributed by atoms with Gasteiger partial charge in [-0.15, -0.1) is 11.8 Å². The number of carbonyl (C=O) groups excluding carboxylic acids is 2. The molecule has 1 aliphatic heterocycles. The predicted octanol–water partition coefficient (Wildman–Crippen LogP) is 11.1. The first-order valence-corrected chi connectivity index (χ1v) is 18.9. The van der Waals surface area contributed by atoms with Crippen molar-refractivity contribution in [2.75, 3.05) is 51.3 Å². The summed E-state index contributed by atoms with van der Waals surface area (Å²) in [6.45, 7) is 18.9. The van der Waals surface area contributed by atoms with Crippen molar-refractivity contribution in [3.8, 4) is 0 Å². The normalized spacial score (nSPS) is 12.9. The molecule has 1 heterocycles. The Bertz CT molecular complexity index is 1230. The predicted molar refractivity (Wildman–Crippen MR) is 209 cm³/mol. The molecule has 0 saturated carbocycles. The molecule has 1 N–H and O–H groups in total. The number of ketones is 1. The third kappa shape index (κ3) is 24.1. The highest BCUT2D eigenvalue weighted by molar-refractivity contribution is 7.98. The Morgan fingerprint density at radius 3 is 1.80 bits per heavy atom. The number of nitrogens with zero attached hydrogens (tertiary/aromatic N) is 2. The number of alkyl halides is 3. The van der Waals surface area contributed by atoms with E-state index in [1.165, 1.54) is 88.3 Å². The highest BCUT2D eigenvalue weighted by Gasteiger charge is 2.29. The average molecular weight is 718 g/mol. The Hall–Kier alpha value is -3.14. The lowest BCUT2D eigenvalue weighted by Gasteiger charge is -2.32. The summed E-state index contributed by atoms with van der Waals surface area (Å²) >= 11 is 1.71. The van der Waals surface area contributed by atoms with Crippen LogP contribution in [0, 0.1) is 5.92 Å². The molecule has 1 fully saturated rings. The van der Waals surface area contributed by atoms with E-state index in [4.69, 9.17) is 4.79 Å². The van der Waals surface area contributed by atoms with Gasteiger partial charge in [0.2, 0.25) is 0 Å². The molecule has 0 amide bonds. The minimum Gasteiger partial charge on any atom is -0.356 e. The van der Waals surface area contributed by atoms with Gasteiger partial charge in [-0.1, -0.05) is 90.1 Å². The number of para-hydroxylation sites is 1. The third-order valence-corrected chi connectivity index (χ3v) is 8.62. The largest absolute Gasteiger partial charge is 0.416 e. The van der Waals surface area contributed by atoms with Gasteiger partial charge in [0, 0.05) is 48.9 Å². The van der Waals surface area contributed by atoms with Crippen LogP contribution in [0.15, 0.2) is 83.8 Å². The second-order valence-electron chi connectivity index (χ2n) is 12.7. The number of rotatable bonds is 12. The molecule has 0 unspecified atom stereocenters. The van der Waals surface area contributed by atoms with Crippen LogP contribution in [-0.2, 0) is 22.2 Å². The minimum atomic E-state index is -4.29. The van der Waals surface area contributed by atoms with Gasteiger partial charge in [-0.25, -0.2) is 0 Å². The van der Waals surface area contributed by atoms with Gasteiger partial charge in [-0.2, -0.15) is 13.2 Å². The zero-order chi connectivity index (χ0) is 37.8. The van der Waals surface area contributed by atoms with Crippen molar-refractivity contribution in [3.63, 3.8) is 0 Å². The van der Waals surface area contributed by atoms with E-state index >= 15 is 0 Å². The molecule has 0 atom stereocenters. The molecule has 0 radical (unpaired) electrons. The van der Waals surface area contributed by atoms with Crippen LogP contribution < -0.4 is 5.32 Å². The number of anilines is 2. The topological polar surface area (TPSA) is 52.7 Å². The number of unbranched alkanes of at least 4 members (excludes halogenated alkanes) is 4. The van der Waals surface area contributed by atoms with Gasteiger partial charge in [0.05, 0.1) is 5.56 Å². The molecule has 5 nitrogen and oxygen atoms in total. The van der Waals surface area contributed by atoms with Crippen LogP contribution >= 0.6 is 11.8 Å². The lowest BCUT2D eigenvalue weighted by Crippen LogP contribution is -2.44. The Labute approximate surface area is 305 Å². The molecule has 0 bridgehead atoms. The molecule has 0 aliphatic carbocycles. The number of Topliss-reactive ketones (excluding diaryl/α,β-unsaturated/α-hetero) is 1. The molecule has 3 aromatic rings. The monoisotopic (exact) mass is 717 g/mol. The van der Waals surface area contributed by atoms with Crippen LogP contribution in [0.1, 0.15) is 84.3 Å². The van der Waals surface area contributed by atoms with Crippen LogP contribution in [0.4, 0.5) is 24.5 Å². The van der Waals surface area contributed by atoms with Crippen molar-refractivity contribution in [2.45, 2.75) is 90.6 Å². The maximum atomic E-state index is 12.3. The number of nitrogens with one attached hydrogen (secondary N) is 1. The first-order valence-electron chi connectivity index (χ1n) is 17.7. The summed E-state index contributed by atoms with van der Waals surface area (Å²) < 4.78 is 37.0. The lowest BCUT2D eigenvalue weighted by molar-refractivity contribution is -0.137. The number of hydrogen-bond acceptors (Lipinski definition) is 6. The fourth-order valence-corrected chi connectivity index (χ4v) is 4.88. The van der Waals surface area contributed by atoms with Crippen LogP contribution in [0.3, 0.4) is 0 Å². The van der Waals surface area contributed by atoms with E-state index in [2.05, 4.69) is 49.9 Å². The first-order chi connectivity index (χ1) is 23.9. The van der Waals surface area contributed by atoms with Crippen LogP contribution in [0.25, 0.3) is 0 Å². The Morgan fingerprint density at radius 1 is 0.820 bits per heavy atom. The van der Waals surface area contributed by atoms with Gasteiger partial charge in [0.1, 0.15) is 12.6 Å². The number of carbonyl (C=O) groups is 2. The summed E-state index contributed by atoms with van der Waals surface area (Å²) in [5, 5.41) is 3.02. The summed E-state index contributed by atoms with van der Waals surface area (Å²) in [7, 11) is 2.22. The molecule has 4 rings (SSSR count). The second-order valence-corrected chi connectivity index (χ2v) is 13.5. The first kappa shape index (κ1) is 46.9. The van der Waals surface area contributed by atoms with Crippen LogP contribution in [0.2, 0.25) is 0 Å². The smallest absolute Gasteiger partial charge is 0.356 e. The van der Waals surface area contributed by atoms with E-state index in [1.54, 1.807) is 18.7 Å². The van der Waals surface area contributed by atoms with Crippen molar-refractivity contribution in [1.29, 1.82) is 0 Å². The highest BCUT2D eigenvalue weighted by atomic mass is 32.2. The molecule has 0 spiro atoms. The van der Waals surface area contributed by atoms with Gasteiger partial charge >= 0.3 is 6.18 Å². The molecule has 1 saturated heterocycles. The van der Waals surface area contributed by atoms with Gasteiger partial charge in [-0.3, -0.25) is 4.79 Å². The molecular formula is C41H62F3N3O2S. The van der Waals surface area contributed by atoms with Gasteiger partial charge in [0.15, 0.2) is 0 Å². The molecule has 280 valence electrons. The summed E-state index contributed by atoms with van der Waals surface area (Å²) in [5.74, 6) is 1.10. The Morgan fingerprint density at radius 2 is 1.34 bits per heavy atom. The summed E-state index contributed by atoms with van der Waals surface area (Å²) in [6, 6.07) is 22.3. The molecular weight excluding hydrogens is 656 g/mol. The Balaban J connectivity index is 0.000000666. The maximum Gasteiger partial charge on any atom is 0.416 e. The summed E-state index contributed by atoms with van der Waals surface area (Å²) in [4.78, 5) is 25.0. The number of hydrogen-bond donors (Lipinski definition) is 1. The number of likely N-dealkylation sites (N-methyl/N-ethyl adjacent to an activating group) is 1. The van der Waals surface area contributed by atoms with Gasteiger partial charge in [-0.05, 0) is 93.2 Å². The molecule has 0 aromatic heterocycles. The standard InChI is InChI=1S/C13H10F3N.C12H26N2.C10H12OS.C5H12.CH2O/c14-13(15,16)10-6-8-12(9-7-10)17-11-4-2-1-3-5-11;1-3-4-5-6-7-8-14-11-9-13(2)10-12-14;1-8(11)7-9-3-5-10(12-2)6-4-9;1-4-5(2)3;1-2/h1-9,17H;3-12H2,1-2H3;3-6H,7H2,1-2H3;5H,4H2,1-3H3;1H2. The Kier molecular flexibility index (Phi) is 26.8. The zero-order valence-electron chi connectivity index (χ0n) is 31.5. The highest BCUT2D eigenvalue weighted by Crippen LogP contribution is 2.30. The van der Waals surface area contributed by atoms with E-state index in [-0.39, 0.29) is 5.78 Å². The maximum absolute atomic E-state index is 12.3. The number of benzene rings is 3. The molecule has 3 aromatic carbocycles. The van der Waals surface area contributed by atoms with E-state index < -0.39 is 11.7 Å². The quantitative estimate of drug-likeness (QED) is 0.149. The van der Waals surface area contributed by atoms with E-state index in [1.807, 2.05) is 67.6 Å². The fraction of sp³-hybridized carbons (Fsp3) is 0.512. The van der Waals surface area contributed by atoms with Crippen molar-refractivity contribution >= 4 is 35.7 Å². The number of halogens is 3. The minimum absolute atomic E-state index is 0.215. The van der Waals surface area contributed by atoms with E-state index in [0.29, 0.717) is 12.1 Å². The number of piperazine rings is 1. The number of thioether (sulfide) groups is 1. The molecule has 50 heavy (non-hydrogen) atoms. The van der Waals surface area contributed by atoms with Crippen LogP contribution in [0.5, 0.6) is 0 Å².